The van der Waals surface area contributed by atoms with Crippen molar-refractivity contribution in [2.24, 2.45) is 0 Å². The van der Waals surface area contributed by atoms with E-state index in [1.165, 1.54) is 0 Å². The fraction of sp³-hybridized carbons (Fsp3) is 0.353. The number of methoxy groups -OCH3 is 1. The summed E-state index contributed by atoms with van der Waals surface area (Å²) in [5.41, 5.74) is 0.866. The molecule has 0 bridgehead atoms. The molecular weight excluding hydrogens is 264 g/mol. The molecule has 1 rings (SSSR count). The third-order valence-corrected chi connectivity index (χ3v) is 3.02. The van der Waals surface area contributed by atoms with Gasteiger partial charge in [0, 0.05) is 13.1 Å². The molecule has 0 aliphatic carbocycles. The maximum Gasteiger partial charge on any atom is 0.161 e. The van der Waals surface area contributed by atoms with Crippen LogP contribution in [0.15, 0.2) is 43.5 Å². The lowest BCUT2D eigenvalue weighted by molar-refractivity contribution is 0.286. The summed E-state index contributed by atoms with van der Waals surface area (Å²) < 4.78 is 10.8. The predicted molar refractivity (Wildman–Crippen MR) is 84.5 cm³/mol. The second kappa shape index (κ2) is 8.83. The smallest absolute Gasteiger partial charge is 0.161 e. The molecule has 0 saturated carbocycles. The van der Waals surface area contributed by atoms with Crippen LogP contribution in [0.1, 0.15) is 18.5 Å². The monoisotopic (exact) mass is 286 g/mol. The Balaban J connectivity index is 3.14. The van der Waals surface area contributed by atoms with E-state index in [4.69, 9.17) is 9.47 Å². The Morgan fingerprint density at radius 3 is 2.43 bits per heavy atom. The van der Waals surface area contributed by atoms with Gasteiger partial charge in [-0.15, -0.1) is 13.2 Å². The minimum atomic E-state index is -0.383. The van der Waals surface area contributed by atoms with Gasteiger partial charge in [-0.1, -0.05) is 18.2 Å². The summed E-state index contributed by atoms with van der Waals surface area (Å²) in [5, 5.41) is 9.52. The van der Waals surface area contributed by atoms with Crippen LogP contribution in [-0.4, -0.2) is 31.7 Å². The molecule has 112 valence electrons. The van der Waals surface area contributed by atoms with E-state index < -0.39 is 0 Å². The van der Waals surface area contributed by atoms with Gasteiger partial charge >= 0.3 is 0 Å². The fourth-order valence-corrected chi connectivity index (χ4v) is 2.12. The lowest BCUT2D eigenvalue weighted by Gasteiger charge is -2.25. The normalized spacial score (nSPS) is 11.5. The molecule has 4 heteroatoms. The summed E-state index contributed by atoms with van der Waals surface area (Å²) in [6, 6.07) is 7.51. The van der Waals surface area contributed by atoms with Crippen LogP contribution in [0.2, 0.25) is 0 Å². The van der Waals surface area contributed by atoms with Crippen molar-refractivity contribution in [2.45, 2.75) is 13.0 Å². The Bertz CT molecular complexity index is 510. The molecule has 0 N–H and O–H groups in total. The highest BCUT2D eigenvalue weighted by atomic mass is 16.5. The molecule has 0 aliphatic rings. The molecule has 0 aliphatic heterocycles. The Morgan fingerprint density at radius 1 is 1.29 bits per heavy atom. The Hall–Kier alpha value is -2.25. The van der Waals surface area contributed by atoms with E-state index >= 15 is 0 Å². The zero-order valence-corrected chi connectivity index (χ0v) is 12.7. The van der Waals surface area contributed by atoms with Gasteiger partial charge in [-0.05, 0) is 24.6 Å². The molecule has 0 saturated heterocycles. The van der Waals surface area contributed by atoms with Crippen molar-refractivity contribution in [3.63, 3.8) is 0 Å². The number of nitriles is 1. The molecule has 1 aromatic rings. The van der Waals surface area contributed by atoms with Gasteiger partial charge < -0.3 is 9.47 Å². The average Bonchev–Trinajstić information content (AvgIpc) is 2.49. The fourth-order valence-electron chi connectivity index (χ4n) is 2.12. The highest BCUT2D eigenvalue weighted by Crippen LogP contribution is 2.32. The zero-order valence-electron chi connectivity index (χ0n) is 12.7. The van der Waals surface area contributed by atoms with E-state index in [1.54, 1.807) is 19.3 Å². The summed E-state index contributed by atoms with van der Waals surface area (Å²) in [5.74, 6) is 1.31. The van der Waals surface area contributed by atoms with Crippen LogP contribution in [0.4, 0.5) is 0 Å². The Labute approximate surface area is 126 Å². The van der Waals surface area contributed by atoms with Crippen molar-refractivity contribution in [3.8, 4) is 17.6 Å². The van der Waals surface area contributed by atoms with Gasteiger partial charge in [0.1, 0.15) is 6.04 Å². The number of ether oxygens (including phenoxy) is 2. The van der Waals surface area contributed by atoms with Crippen molar-refractivity contribution < 1.29 is 9.47 Å². The van der Waals surface area contributed by atoms with Crippen LogP contribution in [0.5, 0.6) is 11.5 Å². The zero-order chi connectivity index (χ0) is 15.7. The first-order chi connectivity index (χ1) is 10.2. The summed E-state index contributed by atoms with van der Waals surface area (Å²) in [6.45, 7) is 11.2. The van der Waals surface area contributed by atoms with Crippen molar-refractivity contribution >= 4 is 0 Å². The predicted octanol–water partition coefficient (Wildman–Crippen LogP) is 3.33. The number of benzene rings is 1. The van der Waals surface area contributed by atoms with Crippen LogP contribution in [0.25, 0.3) is 0 Å². The van der Waals surface area contributed by atoms with Crippen LogP contribution in [0, 0.1) is 11.3 Å². The molecule has 1 aromatic carbocycles. The lowest BCUT2D eigenvalue weighted by atomic mass is 10.1. The van der Waals surface area contributed by atoms with E-state index in [-0.39, 0.29) is 6.04 Å². The van der Waals surface area contributed by atoms with Crippen molar-refractivity contribution in [1.82, 2.24) is 4.90 Å². The Kier molecular flexibility index (Phi) is 7.06. The van der Waals surface area contributed by atoms with Gasteiger partial charge in [0.25, 0.3) is 0 Å². The molecule has 1 atom stereocenters. The number of nitrogens with zero attached hydrogens (tertiary/aromatic N) is 2. The molecule has 0 heterocycles. The minimum Gasteiger partial charge on any atom is -0.493 e. The molecular formula is C17H22N2O2. The van der Waals surface area contributed by atoms with Gasteiger partial charge in [-0.3, -0.25) is 4.90 Å². The largest absolute Gasteiger partial charge is 0.493 e. The van der Waals surface area contributed by atoms with Crippen LogP contribution in [-0.2, 0) is 0 Å². The van der Waals surface area contributed by atoms with Crippen molar-refractivity contribution in [1.29, 1.82) is 5.26 Å². The van der Waals surface area contributed by atoms with E-state index in [0.29, 0.717) is 31.2 Å². The van der Waals surface area contributed by atoms with Crippen molar-refractivity contribution in [3.05, 3.63) is 49.1 Å². The van der Waals surface area contributed by atoms with Crippen LogP contribution >= 0.6 is 0 Å². The molecule has 0 aromatic heterocycles. The molecule has 4 nitrogen and oxygen atoms in total. The van der Waals surface area contributed by atoms with E-state index in [1.807, 2.05) is 30.0 Å². The highest BCUT2D eigenvalue weighted by Gasteiger charge is 2.19. The third-order valence-electron chi connectivity index (χ3n) is 3.02. The summed E-state index contributed by atoms with van der Waals surface area (Å²) in [7, 11) is 1.60. The second-order valence-corrected chi connectivity index (χ2v) is 4.41. The Morgan fingerprint density at radius 2 is 1.95 bits per heavy atom. The minimum absolute atomic E-state index is 0.383. The summed E-state index contributed by atoms with van der Waals surface area (Å²) in [6.07, 6.45) is 3.56. The van der Waals surface area contributed by atoms with Crippen molar-refractivity contribution in [2.75, 3.05) is 26.8 Å². The van der Waals surface area contributed by atoms with Gasteiger partial charge in [0.05, 0.1) is 19.8 Å². The van der Waals surface area contributed by atoms with E-state index in [0.717, 1.165) is 5.56 Å². The molecule has 0 amide bonds. The molecule has 21 heavy (non-hydrogen) atoms. The SMILES string of the molecule is C=CCN(CC=C)C(C#N)c1ccc(OC)c(OCC)c1. The van der Waals surface area contributed by atoms with E-state index in [9.17, 15) is 5.26 Å². The van der Waals surface area contributed by atoms with Crippen LogP contribution in [0.3, 0.4) is 0 Å². The third kappa shape index (κ3) is 4.37. The first kappa shape index (κ1) is 16.8. The maximum absolute atomic E-state index is 9.52. The van der Waals surface area contributed by atoms with Gasteiger partial charge in [0.15, 0.2) is 11.5 Å². The first-order valence-electron chi connectivity index (χ1n) is 6.87. The topological polar surface area (TPSA) is 45.5 Å². The van der Waals surface area contributed by atoms with Gasteiger partial charge in [-0.25, -0.2) is 0 Å². The quantitative estimate of drug-likeness (QED) is 0.653. The second-order valence-electron chi connectivity index (χ2n) is 4.41. The first-order valence-corrected chi connectivity index (χ1v) is 6.87. The van der Waals surface area contributed by atoms with Gasteiger partial charge in [0.2, 0.25) is 0 Å². The molecule has 0 spiro atoms. The lowest BCUT2D eigenvalue weighted by Crippen LogP contribution is -2.28. The summed E-state index contributed by atoms with van der Waals surface area (Å²) in [4.78, 5) is 1.98. The average molecular weight is 286 g/mol. The number of rotatable bonds is 9. The van der Waals surface area contributed by atoms with Gasteiger partial charge in [-0.2, -0.15) is 5.26 Å². The molecule has 0 fully saturated rings. The number of hydrogen-bond donors (Lipinski definition) is 0. The molecule has 1 unspecified atom stereocenters. The van der Waals surface area contributed by atoms with Crippen LogP contribution < -0.4 is 9.47 Å². The number of hydrogen-bond acceptors (Lipinski definition) is 4. The maximum atomic E-state index is 9.52. The molecule has 0 radical (unpaired) electrons. The highest BCUT2D eigenvalue weighted by molar-refractivity contribution is 5.45. The van der Waals surface area contributed by atoms with E-state index in [2.05, 4.69) is 19.2 Å². The standard InChI is InChI=1S/C17H22N2O2/c1-5-10-19(11-6-2)15(13-18)14-8-9-16(20-4)17(12-14)21-7-3/h5-6,8-9,12,15H,1-2,7,10-11H2,3-4H3. The summed E-state index contributed by atoms with van der Waals surface area (Å²) >= 11 is 0.